The molecule has 0 saturated heterocycles. The molecule has 0 aliphatic heterocycles. The van der Waals surface area contributed by atoms with Gasteiger partial charge in [0.15, 0.2) is 0 Å². The molecule has 0 radical (unpaired) electrons. The predicted molar refractivity (Wildman–Crippen MR) is 78.4 cm³/mol. The van der Waals surface area contributed by atoms with Gasteiger partial charge in [0.1, 0.15) is 11.9 Å². The second-order valence-electron chi connectivity index (χ2n) is 5.24. The van der Waals surface area contributed by atoms with Crippen molar-refractivity contribution in [1.82, 2.24) is 5.32 Å². The smallest absolute Gasteiger partial charge is 0.228 e. The first-order chi connectivity index (χ1) is 10.0. The van der Waals surface area contributed by atoms with Gasteiger partial charge < -0.3 is 5.32 Å². The van der Waals surface area contributed by atoms with Gasteiger partial charge in [0.05, 0.1) is 17.7 Å². The fourth-order valence-corrected chi connectivity index (χ4v) is 2.30. The molecule has 3 nitrogen and oxygen atoms in total. The van der Waals surface area contributed by atoms with Gasteiger partial charge in [-0.05, 0) is 36.5 Å². The highest BCUT2D eigenvalue weighted by Gasteiger charge is 2.20. The van der Waals surface area contributed by atoms with Crippen LogP contribution in [-0.2, 0) is 11.2 Å². The minimum atomic E-state index is -0.397. The van der Waals surface area contributed by atoms with Crippen LogP contribution >= 0.6 is 0 Å². The lowest BCUT2D eigenvalue weighted by Gasteiger charge is -2.22. The van der Waals surface area contributed by atoms with Crippen LogP contribution in [0, 0.1) is 23.1 Å². The zero-order valence-corrected chi connectivity index (χ0v) is 12.1. The summed E-state index contributed by atoms with van der Waals surface area (Å²) in [6, 6.07) is 8.29. The topological polar surface area (TPSA) is 52.9 Å². The van der Waals surface area contributed by atoms with Crippen molar-refractivity contribution in [3.8, 4) is 6.07 Å². The highest BCUT2D eigenvalue weighted by molar-refractivity contribution is 5.81. The number of allylic oxidation sites excluding steroid dienone is 3. The normalized spacial score (nSPS) is 18.0. The quantitative estimate of drug-likeness (QED) is 0.926. The highest BCUT2D eigenvalue weighted by Crippen LogP contribution is 2.27. The zero-order chi connectivity index (χ0) is 15.4. The first kappa shape index (κ1) is 15.0. The summed E-state index contributed by atoms with van der Waals surface area (Å²) >= 11 is 0. The van der Waals surface area contributed by atoms with Gasteiger partial charge in [-0.2, -0.15) is 5.26 Å². The fraction of sp³-hybridized carbons (Fsp3) is 0.294. The largest absolute Gasteiger partial charge is 0.325 e. The molecule has 1 N–H and O–H groups in total. The molecule has 0 aromatic heterocycles. The van der Waals surface area contributed by atoms with E-state index in [1.165, 1.54) is 6.07 Å². The van der Waals surface area contributed by atoms with Crippen LogP contribution in [-0.4, -0.2) is 5.91 Å². The van der Waals surface area contributed by atoms with Gasteiger partial charge in [0, 0.05) is 0 Å². The van der Waals surface area contributed by atoms with E-state index in [1.807, 2.05) is 19.9 Å². The zero-order valence-electron chi connectivity index (χ0n) is 12.1. The van der Waals surface area contributed by atoms with Crippen molar-refractivity contribution in [1.29, 1.82) is 5.26 Å². The molecule has 4 heteroatoms. The monoisotopic (exact) mass is 284 g/mol. The molecule has 0 unspecified atom stereocenters. The predicted octanol–water partition coefficient (Wildman–Crippen LogP) is 3.25. The molecule has 1 aliphatic rings. The summed E-state index contributed by atoms with van der Waals surface area (Å²) in [5.41, 5.74) is 2.38. The van der Waals surface area contributed by atoms with E-state index in [4.69, 9.17) is 5.26 Å². The molecule has 0 bridgehead atoms. The third kappa shape index (κ3) is 3.38. The molecular weight excluding hydrogens is 267 g/mol. The van der Waals surface area contributed by atoms with Crippen molar-refractivity contribution >= 4 is 5.91 Å². The van der Waals surface area contributed by atoms with E-state index in [1.54, 1.807) is 18.2 Å². The van der Waals surface area contributed by atoms with Gasteiger partial charge in [-0.1, -0.05) is 31.2 Å². The number of hydrogen-bond donors (Lipinski definition) is 1. The van der Waals surface area contributed by atoms with Crippen molar-refractivity contribution in [3.63, 3.8) is 0 Å². The summed E-state index contributed by atoms with van der Waals surface area (Å²) in [6.45, 7) is 3.96. The maximum absolute atomic E-state index is 13.6. The standard InChI is InChI=1S/C17H17FN2O/c1-11-7-8-14(10-19)17(12(11)2)20-16(21)9-13-5-3-4-6-15(13)18/h3-6,8,11H,7,9H2,1-2H3,(H,20,21)/t11-/m1/s1. The van der Waals surface area contributed by atoms with Crippen LogP contribution in [0.4, 0.5) is 4.39 Å². The van der Waals surface area contributed by atoms with Crippen LogP contribution in [0.25, 0.3) is 0 Å². The molecule has 21 heavy (non-hydrogen) atoms. The molecule has 0 saturated carbocycles. The van der Waals surface area contributed by atoms with E-state index in [0.29, 0.717) is 16.8 Å². The Hall–Kier alpha value is -2.41. The summed E-state index contributed by atoms with van der Waals surface area (Å²) in [5, 5.41) is 11.9. The number of benzene rings is 1. The van der Waals surface area contributed by atoms with E-state index in [9.17, 15) is 9.18 Å². The number of carbonyl (C=O) groups excluding carboxylic acids is 1. The first-order valence-electron chi connectivity index (χ1n) is 6.87. The Morgan fingerprint density at radius 3 is 2.86 bits per heavy atom. The molecule has 1 atom stereocenters. The summed E-state index contributed by atoms with van der Waals surface area (Å²) in [7, 11) is 0. The van der Waals surface area contributed by atoms with Gasteiger partial charge in [-0.3, -0.25) is 4.79 Å². The van der Waals surface area contributed by atoms with Gasteiger partial charge >= 0.3 is 0 Å². The molecule has 1 aliphatic carbocycles. The molecule has 2 rings (SSSR count). The van der Waals surface area contributed by atoms with Crippen molar-refractivity contribution in [2.45, 2.75) is 26.7 Å². The van der Waals surface area contributed by atoms with E-state index in [0.717, 1.165) is 12.0 Å². The number of carbonyl (C=O) groups is 1. The maximum atomic E-state index is 13.6. The Bertz CT molecular complexity index is 668. The third-order valence-corrected chi connectivity index (χ3v) is 3.77. The number of nitrogens with zero attached hydrogens (tertiary/aromatic N) is 1. The SMILES string of the molecule is CC1=C(NC(=O)Cc2ccccc2F)C(C#N)=CC[C@H]1C. The van der Waals surface area contributed by atoms with Crippen molar-refractivity contribution in [2.75, 3.05) is 0 Å². The summed E-state index contributed by atoms with van der Waals surface area (Å²) in [5.74, 6) is -0.429. The van der Waals surface area contributed by atoms with Gasteiger partial charge in [0.2, 0.25) is 5.91 Å². The lowest BCUT2D eigenvalue weighted by atomic mass is 9.88. The number of hydrogen-bond acceptors (Lipinski definition) is 2. The fourth-order valence-electron chi connectivity index (χ4n) is 2.30. The van der Waals surface area contributed by atoms with Crippen molar-refractivity contribution in [3.05, 3.63) is 58.6 Å². The molecular formula is C17H17FN2O. The Morgan fingerprint density at radius 2 is 2.19 bits per heavy atom. The highest BCUT2D eigenvalue weighted by atomic mass is 19.1. The molecule has 1 amide bonds. The number of amides is 1. The second kappa shape index (κ2) is 6.36. The van der Waals surface area contributed by atoms with Gasteiger partial charge in [-0.15, -0.1) is 0 Å². The molecule has 0 spiro atoms. The Morgan fingerprint density at radius 1 is 1.48 bits per heavy atom. The number of nitriles is 1. The molecule has 1 aromatic rings. The minimum absolute atomic E-state index is 0.0451. The van der Waals surface area contributed by atoms with Crippen LogP contribution < -0.4 is 5.32 Å². The number of nitrogens with one attached hydrogen (secondary N) is 1. The van der Waals surface area contributed by atoms with Crippen LogP contribution in [0.15, 0.2) is 47.2 Å². The Labute approximate surface area is 123 Å². The molecule has 108 valence electrons. The lowest BCUT2D eigenvalue weighted by molar-refractivity contribution is -0.119. The number of halogens is 1. The van der Waals surface area contributed by atoms with Crippen LogP contribution in [0.2, 0.25) is 0 Å². The summed E-state index contributed by atoms with van der Waals surface area (Å²) in [6.07, 6.45) is 2.58. The lowest BCUT2D eigenvalue weighted by Crippen LogP contribution is -2.28. The van der Waals surface area contributed by atoms with E-state index in [-0.39, 0.29) is 18.2 Å². The number of rotatable bonds is 3. The van der Waals surface area contributed by atoms with Gasteiger partial charge in [0.25, 0.3) is 0 Å². The second-order valence-corrected chi connectivity index (χ2v) is 5.24. The van der Waals surface area contributed by atoms with E-state index in [2.05, 4.69) is 11.4 Å². The molecule has 1 aromatic carbocycles. The van der Waals surface area contributed by atoms with Crippen molar-refractivity contribution in [2.24, 2.45) is 5.92 Å². The average Bonchev–Trinajstić information content (AvgIpc) is 2.47. The van der Waals surface area contributed by atoms with Gasteiger partial charge in [-0.25, -0.2) is 4.39 Å². The summed E-state index contributed by atoms with van der Waals surface area (Å²) in [4.78, 5) is 12.1. The molecule has 0 heterocycles. The van der Waals surface area contributed by atoms with E-state index >= 15 is 0 Å². The maximum Gasteiger partial charge on any atom is 0.228 e. The van der Waals surface area contributed by atoms with E-state index < -0.39 is 5.82 Å². The Kier molecular flexibility index (Phi) is 4.54. The average molecular weight is 284 g/mol. The van der Waals surface area contributed by atoms with Crippen LogP contribution in [0.1, 0.15) is 25.8 Å². The Balaban J connectivity index is 2.15. The van der Waals surface area contributed by atoms with Crippen LogP contribution in [0.3, 0.4) is 0 Å². The van der Waals surface area contributed by atoms with Crippen LogP contribution in [0.5, 0.6) is 0 Å². The van der Waals surface area contributed by atoms with Crippen molar-refractivity contribution < 1.29 is 9.18 Å². The minimum Gasteiger partial charge on any atom is -0.325 e. The first-order valence-corrected chi connectivity index (χ1v) is 6.87. The molecule has 0 fully saturated rings. The third-order valence-electron chi connectivity index (χ3n) is 3.77. The summed E-state index contributed by atoms with van der Waals surface area (Å²) < 4.78 is 13.6.